The fourth-order valence-corrected chi connectivity index (χ4v) is 3.41. The molecule has 1 unspecified atom stereocenters. The lowest BCUT2D eigenvalue weighted by Crippen LogP contribution is -2.00. The Bertz CT molecular complexity index is 783. The molecule has 0 saturated heterocycles. The van der Waals surface area contributed by atoms with Crippen LogP contribution in [0, 0.1) is 0 Å². The highest BCUT2D eigenvalue weighted by Crippen LogP contribution is 2.36. The smallest absolute Gasteiger partial charge is 0.119 e. The van der Waals surface area contributed by atoms with Crippen molar-refractivity contribution in [1.82, 2.24) is 0 Å². The Kier molecular flexibility index (Phi) is 10.6. The summed E-state index contributed by atoms with van der Waals surface area (Å²) in [7, 11) is 0. The van der Waals surface area contributed by atoms with Gasteiger partial charge >= 0.3 is 0 Å². The van der Waals surface area contributed by atoms with Gasteiger partial charge in [-0.05, 0) is 98.8 Å². The number of rotatable bonds is 10. The van der Waals surface area contributed by atoms with Gasteiger partial charge in [0, 0.05) is 11.5 Å². The maximum Gasteiger partial charge on any atom is 0.119 e. The van der Waals surface area contributed by atoms with Gasteiger partial charge in [0.05, 0.1) is 0 Å². The van der Waals surface area contributed by atoms with Crippen LogP contribution in [0.5, 0.6) is 11.5 Å². The normalized spacial score (nSPS) is 13.6. The number of hydrogen-bond acceptors (Lipinski definition) is 2. The van der Waals surface area contributed by atoms with Gasteiger partial charge in [0.1, 0.15) is 11.5 Å². The molecule has 1 aromatic rings. The number of aromatic hydroxyl groups is 2. The van der Waals surface area contributed by atoms with E-state index < -0.39 is 0 Å². The van der Waals surface area contributed by atoms with Crippen LogP contribution in [0.3, 0.4) is 0 Å². The van der Waals surface area contributed by atoms with Gasteiger partial charge in [0.25, 0.3) is 0 Å². The van der Waals surface area contributed by atoms with Crippen LogP contribution in [0.1, 0.15) is 92.1 Å². The molecule has 2 nitrogen and oxygen atoms in total. The van der Waals surface area contributed by atoms with Crippen LogP contribution >= 0.6 is 0 Å². The molecule has 0 aromatic heterocycles. The van der Waals surface area contributed by atoms with Crippen molar-refractivity contribution < 1.29 is 10.2 Å². The number of allylic oxidation sites excluding steroid dienone is 8. The van der Waals surface area contributed by atoms with Gasteiger partial charge in [-0.3, -0.25) is 0 Å². The summed E-state index contributed by atoms with van der Waals surface area (Å²) < 4.78 is 0. The molecule has 0 spiro atoms. The summed E-state index contributed by atoms with van der Waals surface area (Å²) in [6.45, 7) is 15.1. The fourth-order valence-electron chi connectivity index (χ4n) is 3.41. The summed E-state index contributed by atoms with van der Waals surface area (Å²) in [4.78, 5) is 0. The Morgan fingerprint density at radius 1 is 0.828 bits per heavy atom. The molecular weight excluding hydrogens is 356 g/mol. The zero-order valence-electron chi connectivity index (χ0n) is 19.5. The molecule has 1 aromatic carbocycles. The average molecular weight is 397 g/mol. The summed E-state index contributed by atoms with van der Waals surface area (Å²) >= 11 is 0. The molecule has 0 fully saturated rings. The first-order chi connectivity index (χ1) is 13.6. The van der Waals surface area contributed by atoms with Gasteiger partial charge in [-0.1, -0.05) is 46.1 Å². The van der Waals surface area contributed by atoms with Crippen molar-refractivity contribution in [3.63, 3.8) is 0 Å². The molecule has 0 bridgehead atoms. The third kappa shape index (κ3) is 9.69. The zero-order chi connectivity index (χ0) is 22.0. The molecule has 0 aliphatic heterocycles. The Morgan fingerprint density at radius 2 is 1.41 bits per heavy atom. The van der Waals surface area contributed by atoms with Gasteiger partial charge in [0.15, 0.2) is 0 Å². The van der Waals surface area contributed by atoms with Crippen molar-refractivity contribution in [2.24, 2.45) is 0 Å². The summed E-state index contributed by atoms with van der Waals surface area (Å²) in [5.41, 5.74) is 7.56. The van der Waals surface area contributed by atoms with Gasteiger partial charge < -0.3 is 10.2 Å². The highest BCUT2D eigenvalue weighted by molar-refractivity contribution is 5.43. The predicted octanol–water partition coefficient (Wildman–Crippen LogP) is 8.35. The molecule has 29 heavy (non-hydrogen) atoms. The van der Waals surface area contributed by atoms with E-state index in [4.69, 9.17) is 0 Å². The minimum Gasteiger partial charge on any atom is -0.508 e. The van der Waals surface area contributed by atoms with Gasteiger partial charge in [-0.15, -0.1) is 0 Å². The molecule has 0 amide bonds. The molecule has 0 aliphatic rings. The Balaban J connectivity index is 3.12. The molecule has 1 rings (SSSR count). The second-order valence-corrected chi connectivity index (χ2v) is 8.77. The fraction of sp³-hybridized carbons (Fsp3) is 0.481. The van der Waals surface area contributed by atoms with Gasteiger partial charge in [0.2, 0.25) is 0 Å². The van der Waals surface area contributed by atoms with E-state index in [-0.39, 0.29) is 17.4 Å². The Hall–Kier alpha value is -2.22. The topological polar surface area (TPSA) is 40.5 Å². The number of phenols is 2. The molecule has 0 radical (unpaired) electrons. The minimum absolute atomic E-state index is 0.0483. The standard InChI is InChI=1S/C27H40O2/c1-19(2)10-8-12-21(5)16-24(26-18-25(28)14-15-27(26)29)17-23(7)22(6)13-9-11-20(3)4/h10-11,14-16,18,24,28-29H,8-9,12-13,17H2,1-7H3/b21-16+,23-22+. The summed E-state index contributed by atoms with van der Waals surface area (Å²) in [6, 6.07) is 4.82. The van der Waals surface area contributed by atoms with E-state index in [1.54, 1.807) is 12.1 Å². The molecule has 2 N–H and O–H groups in total. The predicted molar refractivity (Wildman–Crippen MR) is 127 cm³/mol. The lowest BCUT2D eigenvalue weighted by molar-refractivity contribution is 0.451. The van der Waals surface area contributed by atoms with Crippen molar-refractivity contribution in [2.75, 3.05) is 0 Å². The largest absolute Gasteiger partial charge is 0.508 e. The van der Waals surface area contributed by atoms with Crippen LogP contribution in [-0.4, -0.2) is 10.2 Å². The average Bonchev–Trinajstić information content (AvgIpc) is 2.62. The highest BCUT2D eigenvalue weighted by atomic mass is 16.3. The molecule has 0 aliphatic carbocycles. The number of phenolic OH excluding ortho intramolecular Hbond substituents is 2. The van der Waals surface area contributed by atoms with E-state index in [2.05, 4.69) is 66.7 Å². The molecule has 160 valence electrons. The molecule has 0 heterocycles. The van der Waals surface area contributed by atoms with E-state index in [1.165, 1.54) is 33.9 Å². The van der Waals surface area contributed by atoms with E-state index >= 15 is 0 Å². The zero-order valence-corrected chi connectivity index (χ0v) is 19.5. The van der Waals surface area contributed by atoms with Crippen LogP contribution < -0.4 is 0 Å². The van der Waals surface area contributed by atoms with Crippen LogP contribution in [0.4, 0.5) is 0 Å². The first kappa shape index (κ1) is 24.8. The monoisotopic (exact) mass is 396 g/mol. The quantitative estimate of drug-likeness (QED) is 0.308. The molecule has 0 saturated carbocycles. The Labute approximate surface area is 178 Å². The maximum atomic E-state index is 10.4. The Morgan fingerprint density at radius 3 is 2.00 bits per heavy atom. The van der Waals surface area contributed by atoms with Crippen molar-refractivity contribution in [3.8, 4) is 11.5 Å². The van der Waals surface area contributed by atoms with E-state index in [0.717, 1.165) is 37.7 Å². The second kappa shape index (κ2) is 12.4. The first-order valence-corrected chi connectivity index (χ1v) is 10.7. The first-order valence-electron chi connectivity index (χ1n) is 10.7. The third-order valence-electron chi connectivity index (χ3n) is 5.31. The van der Waals surface area contributed by atoms with E-state index in [9.17, 15) is 10.2 Å². The summed E-state index contributed by atoms with van der Waals surface area (Å²) in [5.74, 6) is 0.489. The van der Waals surface area contributed by atoms with Gasteiger partial charge in [-0.2, -0.15) is 0 Å². The second-order valence-electron chi connectivity index (χ2n) is 8.77. The van der Waals surface area contributed by atoms with Crippen molar-refractivity contribution >= 4 is 0 Å². The van der Waals surface area contributed by atoms with Crippen molar-refractivity contribution in [1.29, 1.82) is 0 Å². The number of benzene rings is 1. The highest BCUT2D eigenvalue weighted by Gasteiger charge is 2.16. The third-order valence-corrected chi connectivity index (χ3v) is 5.31. The molecule has 1 atom stereocenters. The van der Waals surface area contributed by atoms with Gasteiger partial charge in [-0.25, -0.2) is 0 Å². The molecular formula is C27H40O2. The van der Waals surface area contributed by atoms with Crippen LogP contribution in [0.15, 0.2) is 64.3 Å². The summed E-state index contributed by atoms with van der Waals surface area (Å²) in [5, 5.41) is 20.4. The lowest BCUT2D eigenvalue weighted by atomic mass is 9.87. The van der Waals surface area contributed by atoms with Crippen LogP contribution in [0.25, 0.3) is 0 Å². The SMILES string of the molecule is CC(C)=CCC/C(C)=C/C(C/C(C)=C(\C)CCC=C(C)C)c1cc(O)ccc1O. The van der Waals surface area contributed by atoms with Crippen LogP contribution in [0.2, 0.25) is 0 Å². The van der Waals surface area contributed by atoms with E-state index in [0.29, 0.717) is 0 Å². The maximum absolute atomic E-state index is 10.4. The van der Waals surface area contributed by atoms with E-state index in [1.807, 2.05) is 0 Å². The lowest BCUT2D eigenvalue weighted by Gasteiger charge is -2.19. The summed E-state index contributed by atoms with van der Waals surface area (Å²) in [6.07, 6.45) is 11.8. The van der Waals surface area contributed by atoms with Crippen molar-refractivity contribution in [2.45, 2.75) is 86.5 Å². The minimum atomic E-state index is 0.0483. The van der Waals surface area contributed by atoms with Crippen molar-refractivity contribution in [3.05, 3.63) is 69.9 Å². The molecule has 2 heteroatoms. The number of hydrogen-bond donors (Lipinski definition) is 2. The van der Waals surface area contributed by atoms with Crippen LogP contribution in [-0.2, 0) is 0 Å².